The van der Waals surface area contributed by atoms with Gasteiger partial charge in [-0.1, -0.05) is 15.9 Å². The van der Waals surface area contributed by atoms with E-state index in [0.29, 0.717) is 0 Å². The number of aryl methyl sites for hydroxylation is 1. The summed E-state index contributed by atoms with van der Waals surface area (Å²) >= 11 is 3.45. The Balaban J connectivity index is 2.17. The Kier molecular flexibility index (Phi) is 4.07. The second-order valence-corrected chi connectivity index (χ2v) is 5.79. The molecule has 0 radical (unpaired) electrons. The molecule has 1 aromatic rings. The van der Waals surface area contributed by atoms with Crippen molar-refractivity contribution in [1.29, 1.82) is 0 Å². The molecule has 0 aliphatic heterocycles. The lowest BCUT2D eigenvalue weighted by Crippen LogP contribution is -2.36. The van der Waals surface area contributed by atoms with E-state index >= 15 is 0 Å². The molecule has 0 aromatic heterocycles. The molecule has 1 aromatic carbocycles. The zero-order chi connectivity index (χ0) is 13.3. The highest BCUT2D eigenvalue weighted by Gasteiger charge is 2.33. The lowest BCUT2D eigenvalue weighted by Gasteiger charge is -2.23. The van der Waals surface area contributed by atoms with Crippen molar-refractivity contribution in [3.63, 3.8) is 0 Å². The molecule has 1 aliphatic carbocycles. The van der Waals surface area contributed by atoms with Crippen LogP contribution in [0, 0.1) is 12.8 Å². The molecular formula is C14H18BrNO2. The van der Waals surface area contributed by atoms with E-state index in [9.17, 15) is 9.90 Å². The van der Waals surface area contributed by atoms with Crippen molar-refractivity contribution in [3.05, 3.63) is 28.2 Å². The molecule has 98 valence electrons. The van der Waals surface area contributed by atoms with E-state index < -0.39 is 6.10 Å². The van der Waals surface area contributed by atoms with Crippen LogP contribution in [0.3, 0.4) is 0 Å². The van der Waals surface area contributed by atoms with E-state index in [4.69, 9.17) is 0 Å². The van der Waals surface area contributed by atoms with Gasteiger partial charge in [0.2, 0.25) is 5.91 Å². The molecule has 18 heavy (non-hydrogen) atoms. The largest absolute Gasteiger partial charge is 0.392 e. The molecule has 4 heteroatoms. The smallest absolute Gasteiger partial charge is 0.232 e. The first-order chi connectivity index (χ1) is 8.50. The molecule has 1 amide bonds. The summed E-state index contributed by atoms with van der Waals surface area (Å²) in [6.45, 7) is 2.00. The van der Waals surface area contributed by atoms with Gasteiger partial charge >= 0.3 is 0 Å². The van der Waals surface area contributed by atoms with Gasteiger partial charge in [0.25, 0.3) is 0 Å². The Bertz CT molecular complexity index is 461. The normalized spacial score (nSPS) is 23.1. The number of aliphatic hydroxyl groups is 1. The molecule has 3 nitrogen and oxygen atoms in total. The molecule has 0 spiro atoms. The Labute approximate surface area is 116 Å². The summed E-state index contributed by atoms with van der Waals surface area (Å²) in [4.78, 5) is 14.0. The maximum atomic E-state index is 12.3. The highest BCUT2D eigenvalue weighted by molar-refractivity contribution is 9.10. The number of amides is 1. The fourth-order valence-electron chi connectivity index (χ4n) is 2.44. The van der Waals surface area contributed by atoms with Crippen molar-refractivity contribution in [2.75, 3.05) is 11.9 Å². The molecule has 1 N–H and O–H groups in total. The summed E-state index contributed by atoms with van der Waals surface area (Å²) in [5, 5.41) is 9.80. The monoisotopic (exact) mass is 311 g/mol. The van der Waals surface area contributed by atoms with E-state index in [0.717, 1.165) is 35.0 Å². The van der Waals surface area contributed by atoms with Crippen molar-refractivity contribution in [1.82, 2.24) is 0 Å². The second kappa shape index (κ2) is 5.41. The maximum Gasteiger partial charge on any atom is 0.232 e. The summed E-state index contributed by atoms with van der Waals surface area (Å²) in [7, 11) is 1.77. The molecule has 2 rings (SSSR count). The van der Waals surface area contributed by atoms with Crippen LogP contribution >= 0.6 is 15.9 Å². The minimum absolute atomic E-state index is 0.0155. The summed E-state index contributed by atoms with van der Waals surface area (Å²) in [6, 6.07) is 5.83. The van der Waals surface area contributed by atoms with Gasteiger partial charge in [-0.25, -0.2) is 0 Å². The molecule has 1 saturated carbocycles. The van der Waals surface area contributed by atoms with Crippen LogP contribution in [0.5, 0.6) is 0 Å². The number of aliphatic hydroxyl groups excluding tert-OH is 1. The van der Waals surface area contributed by atoms with E-state index in [1.807, 2.05) is 25.1 Å². The van der Waals surface area contributed by atoms with Crippen LogP contribution in [0.2, 0.25) is 0 Å². The molecule has 2 atom stereocenters. The predicted molar refractivity (Wildman–Crippen MR) is 75.6 cm³/mol. The van der Waals surface area contributed by atoms with Crippen molar-refractivity contribution in [2.24, 2.45) is 5.92 Å². The fraction of sp³-hybridized carbons (Fsp3) is 0.500. The van der Waals surface area contributed by atoms with Gasteiger partial charge in [0, 0.05) is 17.2 Å². The summed E-state index contributed by atoms with van der Waals surface area (Å²) in [6.07, 6.45) is 1.99. The van der Waals surface area contributed by atoms with Gasteiger partial charge in [-0.3, -0.25) is 4.79 Å². The van der Waals surface area contributed by atoms with Crippen LogP contribution in [0.15, 0.2) is 22.7 Å². The van der Waals surface area contributed by atoms with Crippen molar-refractivity contribution in [2.45, 2.75) is 32.3 Å². The Morgan fingerprint density at radius 3 is 2.72 bits per heavy atom. The van der Waals surface area contributed by atoms with Crippen LogP contribution in [0.1, 0.15) is 24.8 Å². The lowest BCUT2D eigenvalue weighted by molar-refractivity contribution is -0.124. The lowest BCUT2D eigenvalue weighted by atomic mass is 10.0. The number of hydrogen-bond acceptors (Lipinski definition) is 2. The minimum Gasteiger partial charge on any atom is -0.392 e. The molecule has 0 bridgehead atoms. The molecule has 0 saturated heterocycles. The number of benzene rings is 1. The van der Waals surface area contributed by atoms with E-state index in [2.05, 4.69) is 15.9 Å². The van der Waals surface area contributed by atoms with E-state index in [1.165, 1.54) is 0 Å². The van der Waals surface area contributed by atoms with Crippen LogP contribution in [-0.4, -0.2) is 24.2 Å². The highest BCUT2D eigenvalue weighted by Crippen LogP contribution is 2.29. The average Bonchev–Trinajstić information content (AvgIpc) is 2.77. The first-order valence-electron chi connectivity index (χ1n) is 6.22. The first-order valence-corrected chi connectivity index (χ1v) is 7.02. The SMILES string of the molecule is Cc1cc(N(C)C(=O)C2CCCC2O)ccc1Br. The third kappa shape index (κ3) is 2.59. The van der Waals surface area contributed by atoms with E-state index in [1.54, 1.807) is 11.9 Å². The number of anilines is 1. The highest BCUT2D eigenvalue weighted by atomic mass is 79.9. The van der Waals surface area contributed by atoms with Crippen LogP contribution in [-0.2, 0) is 4.79 Å². The van der Waals surface area contributed by atoms with Crippen molar-refractivity contribution < 1.29 is 9.90 Å². The van der Waals surface area contributed by atoms with E-state index in [-0.39, 0.29) is 11.8 Å². The Morgan fingerprint density at radius 2 is 2.17 bits per heavy atom. The number of halogens is 1. The molecule has 1 aliphatic rings. The molecule has 1 fully saturated rings. The van der Waals surface area contributed by atoms with Crippen LogP contribution in [0.25, 0.3) is 0 Å². The van der Waals surface area contributed by atoms with Crippen LogP contribution < -0.4 is 4.90 Å². The second-order valence-electron chi connectivity index (χ2n) is 4.94. The molecule has 2 unspecified atom stereocenters. The number of carbonyl (C=O) groups is 1. The summed E-state index contributed by atoms with van der Waals surface area (Å²) in [5.74, 6) is -0.222. The standard InChI is InChI=1S/C14H18BrNO2/c1-9-8-10(6-7-12(9)15)16(2)14(18)11-4-3-5-13(11)17/h6-8,11,13,17H,3-5H2,1-2H3. The third-order valence-electron chi connectivity index (χ3n) is 3.66. The van der Waals surface area contributed by atoms with Gasteiger partial charge in [-0.2, -0.15) is 0 Å². The van der Waals surface area contributed by atoms with Gasteiger partial charge < -0.3 is 10.0 Å². The fourth-order valence-corrected chi connectivity index (χ4v) is 2.69. The number of carbonyl (C=O) groups excluding carboxylic acids is 1. The zero-order valence-electron chi connectivity index (χ0n) is 10.7. The number of nitrogens with zero attached hydrogens (tertiary/aromatic N) is 1. The number of rotatable bonds is 2. The van der Waals surface area contributed by atoms with Crippen molar-refractivity contribution in [3.8, 4) is 0 Å². The summed E-state index contributed by atoms with van der Waals surface area (Å²) in [5.41, 5.74) is 1.97. The topological polar surface area (TPSA) is 40.5 Å². The van der Waals surface area contributed by atoms with Gasteiger partial charge in [0.15, 0.2) is 0 Å². The molecule has 0 heterocycles. The average molecular weight is 312 g/mol. The maximum absolute atomic E-state index is 12.3. The van der Waals surface area contributed by atoms with Gasteiger partial charge in [-0.15, -0.1) is 0 Å². The predicted octanol–water partition coefficient (Wildman–Crippen LogP) is 2.88. The third-order valence-corrected chi connectivity index (χ3v) is 4.55. The molecular weight excluding hydrogens is 294 g/mol. The minimum atomic E-state index is -0.475. The Morgan fingerprint density at radius 1 is 1.44 bits per heavy atom. The van der Waals surface area contributed by atoms with Gasteiger partial charge in [0.1, 0.15) is 0 Å². The van der Waals surface area contributed by atoms with Gasteiger partial charge in [-0.05, 0) is 49.9 Å². The quantitative estimate of drug-likeness (QED) is 0.912. The zero-order valence-corrected chi connectivity index (χ0v) is 12.3. The Hall–Kier alpha value is -0.870. The van der Waals surface area contributed by atoms with Crippen molar-refractivity contribution >= 4 is 27.5 Å². The summed E-state index contributed by atoms with van der Waals surface area (Å²) < 4.78 is 1.04. The van der Waals surface area contributed by atoms with Gasteiger partial charge in [0.05, 0.1) is 12.0 Å². The first kappa shape index (κ1) is 13.6. The van der Waals surface area contributed by atoms with Crippen LogP contribution in [0.4, 0.5) is 5.69 Å². The number of hydrogen-bond donors (Lipinski definition) is 1.